The van der Waals surface area contributed by atoms with Crippen LogP contribution < -0.4 is 0 Å². The number of Topliss-reactive ketones (excluding diaryl/α,β-unsaturated/α-hetero) is 1. The number of non-ortho nitro benzene ring substituents is 1. The van der Waals surface area contributed by atoms with Crippen molar-refractivity contribution in [3.05, 3.63) is 81.4 Å². The van der Waals surface area contributed by atoms with E-state index in [0.717, 1.165) is 18.2 Å². The highest BCUT2D eigenvalue weighted by molar-refractivity contribution is 5.98. The fourth-order valence-corrected chi connectivity index (χ4v) is 1.84. The quantitative estimate of drug-likeness (QED) is 0.263. The van der Waals surface area contributed by atoms with Crippen LogP contribution in [0.1, 0.15) is 15.9 Å². The second-order valence-corrected chi connectivity index (χ2v) is 4.85. The number of carbonyl (C=O) groups excluding carboxylic acids is 2. The van der Waals surface area contributed by atoms with Crippen LogP contribution in [-0.2, 0) is 9.53 Å². The van der Waals surface area contributed by atoms with Crippen molar-refractivity contribution in [3.8, 4) is 0 Å². The van der Waals surface area contributed by atoms with Gasteiger partial charge in [0.2, 0.25) is 0 Å². The predicted octanol–water partition coefficient (Wildman–Crippen LogP) is 3.31. The number of hydrogen-bond donors (Lipinski definition) is 0. The van der Waals surface area contributed by atoms with Crippen molar-refractivity contribution in [1.29, 1.82) is 0 Å². The van der Waals surface area contributed by atoms with Crippen molar-refractivity contribution in [2.75, 3.05) is 6.61 Å². The molecule has 2 aromatic carbocycles. The standard InChI is InChI=1S/C17H11F2NO5/c18-14-6-5-12(9-15(14)19)16(21)10-25-17(22)7-4-11-2-1-3-13(8-11)20(23)24/h1-9H,10H2/b7-4+. The van der Waals surface area contributed by atoms with Crippen LogP contribution in [0.3, 0.4) is 0 Å². The molecule has 2 aromatic rings. The minimum absolute atomic E-state index is 0.130. The molecule has 0 amide bonds. The smallest absolute Gasteiger partial charge is 0.331 e. The third kappa shape index (κ3) is 5.03. The number of carbonyl (C=O) groups is 2. The molecule has 0 saturated heterocycles. The molecule has 0 aliphatic heterocycles. The largest absolute Gasteiger partial charge is 0.454 e. The van der Waals surface area contributed by atoms with Crippen LogP contribution in [0.2, 0.25) is 0 Å². The Morgan fingerprint density at radius 3 is 2.56 bits per heavy atom. The number of esters is 1. The van der Waals surface area contributed by atoms with Crippen molar-refractivity contribution in [2.45, 2.75) is 0 Å². The van der Waals surface area contributed by atoms with E-state index in [1.165, 1.54) is 24.3 Å². The molecule has 0 unspecified atom stereocenters. The van der Waals surface area contributed by atoms with Gasteiger partial charge in [-0.3, -0.25) is 14.9 Å². The van der Waals surface area contributed by atoms with Crippen LogP contribution in [-0.4, -0.2) is 23.3 Å². The molecule has 0 N–H and O–H groups in total. The Bertz CT molecular complexity index is 864. The monoisotopic (exact) mass is 347 g/mol. The Morgan fingerprint density at radius 1 is 1.12 bits per heavy atom. The van der Waals surface area contributed by atoms with Crippen molar-refractivity contribution < 1.29 is 28.0 Å². The van der Waals surface area contributed by atoms with Crippen molar-refractivity contribution in [3.63, 3.8) is 0 Å². The van der Waals surface area contributed by atoms with Crippen molar-refractivity contribution >= 4 is 23.5 Å². The molecule has 2 rings (SSSR count). The van der Waals surface area contributed by atoms with E-state index in [1.54, 1.807) is 6.07 Å². The normalized spacial score (nSPS) is 10.6. The summed E-state index contributed by atoms with van der Waals surface area (Å²) in [5.41, 5.74) is 0.136. The molecular weight excluding hydrogens is 336 g/mol. The summed E-state index contributed by atoms with van der Waals surface area (Å²) >= 11 is 0. The van der Waals surface area contributed by atoms with Crippen molar-refractivity contribution in [1.82, 2.24) is 0 Å². The van der Waals surface area contributed by atoms with Crippen LogP contribution in [0.15, 0.2) is 48.5 Å². The van der Waals surface area contributed by atoms with Gasteiger partial charge in [0.25, 0.3) is 5.69 Å². The fourth-order valence-electron chi connectivity index (χ4n) is 1.84. The summed E-state index contributed by atoms with van der Waals surface area (Å²) in [6, 6.07) is 8.15. The molecule has 0 spiro atoms. The number of ketones is 1. The minimum atomic E-state index is -1.18. The van der Waals surface area contributed by atoms with E-state index in [9.17, 15) is 28.5 Å². The first-order valence-electron chi connectivity index (χ1n) is 6.94. The Morgan fingerprint density at radius 2 is 1.88 bits per heavy atom. The lowest BCUT2D eigenvalue weighted by molar-refractivity contribution is -0.384. The molecule has 0 atom stereocenters. The van der Waals surface area contributed by atoms with Gasteiger partial charge in [0.05, 0.1) is 4.92 Å². The lowest BCUT2D eigenvalue weighted by atomic mass is 10.1. The van der Waals surface area contributed by atoms with E-state index in [2.05, 4.69) is 0 Å². The number of nitro benzene ring substituents is 1. The van der Waals surface area contributed by atoms with Crippen molar-refractivity contribution in [2.24, 2.45) is 0 Å². The van der Waals surface area contributed by atoms with Crippen LogP contribution in [0.5, 0.6) is 0 Å². The Kier molecular flexibility index (Phi) is 5.67. The zero-order chi connectivity index (χ0) is 18.4. The maximum absolute atomic E-state index is 13.0. The summed E-state index contributed by atoms with van der Waals surface area (Å²) in [6.45, 7) is -0.650. The Balaban J connectivity index is 1.93. The molecule has 0 saturated carbocycles. The molecule has 8 heteroatoms. The number of ether oxygens (including phenoxy) is 1. The van der Waals surface area contributed by atoms with Gasteiger partial charge in [0.15, 0.2) is 24.0 Å². The minimum Gasteiger partial charge on any atom is -0.454 e. The molecule has 128 valence electrons. The first kappa shape index (κ1) is 17.9. The van der Waals surface area contributed by atoms with Gasteiger partial charge in [-0.15, -0.1) is 0 Å². The summed E-state index contributed by atoms with van der Waals surface area (Å²) in [5.74, 6) is -3.82. The molecular formula is C17H11F2NO5. The molecule has 0 fully saturated rings. The SMILES string of the molecule is O=C(/C=C/c1cccc([N+](=O)[O-])c1)OCC(=O)c1ccc(F)c(F)c1. The Hall–Kier alpha value is -3.42. The maximum atomic E-state index is 13.0. The number of nitrogens with zero attached hydrogens (tertiary/aromatic N) is 1. The van der Waals surface area contributed by atoms with E-state index >= 15 is 0 Å². The van der Waals surface area contributed by atoms with Gasteiger partial charge in [-0.1, -0.05) is 12.1 Å². The number of halogens is 2. The third-order valence-corrected chi connectivity index (χ3v) is 3.08. The van der Waals surface area contributed by atoms with E-state index in [1.807, 2.05) is 0 Å². The molecule has 25 heavy (non-hydrogen) atoms. The second kappa shape index (κ2) is 7.91. The summed E-state index contributed by atoms with van der Waals surface area (Å²) in [5, 5.41) is 10.7. The molecule has 0 aliphatic rings. The average molecular weight is 347 g/mol. The number of benzene rings is 2. The number of hydrogen-bond acceptors (Lipinski definition) is 5. The molecule has 0 heterocycles. The molecule has 0 aliphatic carbocycles. The maximum Gasteiger partial charge on any atom is 0.331 e. The van der Waals surface area contributed by atoms with Gasteiger partial charge in [-0.25, -0.2) is 13.6 Å². The van der Waals surface area contributed by atoms with E-state index in [-0.39, 0.29) is 11.3 Å². The highest BCUT2D eigenvalue weighted by Gasteiger charge is 2.11. The topological polar surface area (TPSA) is 86.5 Å². The third-order valence-electron chi connectivity index (χ3n) is 3.08. The van der Waals surface area contributed by atoms with Crippen LogP contribution in [0.25, 0.3) is 6.08 Å². The van der Waals surface area contributed by atoms with Gasteiger partial charge in [0.1, 0.15) is 0 Å². The van der Waals surface area contributed by atoms with Crippen LogP contribution >= 0.6 is 0 Å². The number of nitro groups is 1. The summed E-state index contributed by atoms with van der Waals surface area (Å²) in [7, 11) is 0. The van der Waals surface area contributed by atoms with Gasteiger partial charge in [-0.05, 0) is 29.8 Å². The van der Waals surface area contributed by atoms with Gasteiger partial charge in [-0.2, -0.15) is 0 Å². The molecule has 6 nitrogen and oxygen atoms in total. The fraction of sp³-hybridized carbons (Fsp3) is 0.0588. The first-order chi connectivity index (χ1) is 11.9. The van der Waals surface area contributed by atoms with Crippen LogP contribution in [0, 0.1) is 21.7 Å². The first-order valence-corrected chi connectivity index (χ1v) is 6.94. The lowest BCUT2D eigenvalue weighted by Crippen LogP contribution is -2.13. The molecule has 0 bridgehead atoms. The van der Waals surface area contributed by atoms with E-state index in [4.69, 9.17) is 4.74 Å². The predicted molar refractivity (Wildman–Crippen MR) is 83.8 cm³/mol. The Labute approximate surface area is 140 Å². The summed E-state index contributed by atoms with van der Waals surface area (Å²) < 4.78 is 30.5. The number of rotatable bonds is 6. The van der Waals surface area contributed by atoms with Gasteiger partial charge in [0, 0.05) is 23.8 Å². The highest BCUT2D eigenvalue weighted by Crippen LogP contribution is 2.14. The van der Waals surface area contributed by atoms with E-state index < -0.39 is 34.9 Å². The van der Waals surface area contributed by atoms with Gasteiger partial charge < -0.3 is 4.74 Å². The summed E-state index contributed by atoms with van der Waals surface area (Å²) in [6.07, 6.45) is 2.29. The molecule has 0 radical (unpaired) electrons. The zero-order valence-electron chi connectivity index (χ0n) is 12.6. The highest BCUT2D eigenvalue weighted by atomic mass is 19.2. The zero-order valence-corrected chi connectivity index (χ0v) is 12.6. The van der Waals surface area contributed by atoms with Crippen LogP contribution in [0.4, 0.5) is 14.5 Å². The summed E-state index contributed by atoms with van der Waals surface area (Å²) in [4.78, 5) is 33.4. The lowest BCUT2D eigenvalue weighted by Gasteiger charge is -2.02. The second-order valence-electron chi connectivity index (χ2n) is 4.85. The van der Waals surface area contributed by atoms with E-state index in [0.29, 0.717) is 11.6 Å². The van der Waals surface area contributed by atoms with Gasteiger partial charge >= 0.3 is 5.97 Å². The average Bonchev–Trinajstić information content (AvgIpc) is 2.60. The molecule has 0 aromatic heterocycles.